The SMILES string of the molecule is CNc1ccnc(Nc2ccc(OC)c(OCCC3CCCN3C)c2)n1.[HH].[HH]. The molecule has 7 nitrogen and oxygen atoms in total. The number of rotatable bonds is 8. The van der Waals surface area contributed by atoms with Crippen molar-refractivity contribution in [2.45, 2.75) is 25.3 Å². The minimum atomic E-state index is 0. The third-order valence-electron chi connectivity index (χ3n) is 4.71. The van der Waals surface area contributed by atoms with Gasteiger partial charge in [0.2, 0.25) is 5.95 Å². The molecule has 0 spiro atoms. The first-order chi connectivity index (χ1) is 12.7. The lowest BCUT2D eigenvalue weighted by Crippen LogP contribution is -2.26. The first-order valence-corrected chi connectivity index (χ1v) is 8.98. The number of likely N-dealkylation sites (tertiary alicyclic amines) is 1. The van der Waals surface area contributed by atoms with Crippen molar-refractivity contribution in [2.24, 2.45) is 0 Å². The van der Waals surface area contributed by atoms with E-state index < -0.39 is 0 Å². The van der Waals surface area contributed by atoms with Gasteiger partial charge in [0.1, 0.15) is 5.82 Å². The summed E-state index contributed by atoms with van der Waals surface area (Å²) in [5.74, 6) is 2.73. The van der Waals surface area contributed by atoms with Crippen LogP contribution in [-0.2, 0) is 0 Å². The van der Waals surface area contributed by atoms with Crippen LogP contribution in [0.4, 0.5) is 17.5 Å². The van der Waals surface area contributed by atoms with Crippen molar-refractivity contribution in [2.75, 3.05) is 45.0 Å². The largest absolute Gasteiger partial charge is 0.493 e. The Labute approximate surface area is 157 Å². The van der Waals surface area contributed by atoms with E-state index in [9.17, 15) is 0 Å². The van der Waals surface area contributed by atoms with Gasteiger partial charge in [-0.3, -0.25) is 0 Å². The molecule has 26 heavy (non-hydrogen) atoms. The molecule has 1 aromatic heterocycles. The Kier molecular flexibility index (Phi) is 6.12. The fourth-order valence-electron chi connectivity index (χ4n) is 3.20. The van der Waals surface area contributed by atoms with Crippen molar-refractivity contribution < 1.29 is 12.3 Å². The molecule has 2 aromatic rings. The summed E-state index contributed by atoms with van der Waals surface area (Å²) >= 11 is 0. The molecule has 2 heterocycles. The van der Waals surface area contributed by atoms with Gasteiger partial charge < -0.3 is 25.0 Å². The van der Waals surface area contributed by atoms with E-state index in [0.717, 1.165) is 29.4 Å². The molecule has 1 saturated heterocycles. The summed E-state index contributed by atoms with van der Waals surface area (Å²) in [7, 11) is 5.66. The van der Waals surface area contributed by atoms with Crippen LogP contribution in [0.1, 0.15) is 22.1 Å². The molecule has 1 aliphatic rings. The van der Waals surface area contributed by atoms with Gasteiger partial charge in [0.05, 0.1) is 13.7 Å². The molecular formula is C19H31N5O2. The normalized spacial score (nSPS) is 17.1. The number of methoxy groups -OCH3 is 1. The van der Waals surface area contributed by atoms with Crippen LogP contribution in [0, 0.1) is 0 Å². The molecule has 1 aromatic carbocycles. The fraction of sp³-hybridized carbons (Fsp3) is 0.474. The molecule has 0 saturated carbocycles. The second-order valence-corrected chi connectivity index (χ2v) is 6.42. The monoisotopic (exact) mass is 361 g/mol. The highest BCUT2D eigenvalue weighted by Crippen LogP contribution is 2.31. The molecule has 2 N–H and O–H groups in total. The van der Waals surface area contributed by atoms with Gasteiger partial charge in [-0.1, -0.05) is 0 Å². The van der Waals surface area contributed by atoms with E-state index in [0.29, 0.717) is 18.6 Å². The van der Waals surface area contributed by atoms with E-state index in [1.165, 1.54) is 19.4 Å². The van der Waals surface area contributed by atoms with Gasteiger partial charge in [0, 0.05) is 33.9 Å². The molecule has 0 radical (unpaired) electrons. The maximum atomic E-state index is 6.02. The quantitative estimate of drug-likeness (QED) is 0.744. The lowest BCUT2D eigenvalue weighted by Gasteiger charge is -2.20. The number of nitrogens with zero attached hydrogens (tertiary/aromatic N) is 3. The minimum absolute atomic E-state index is 0. The van der Waals surface area contributed by atoms with Gasteiger partial charge >= 0.3 is 0 Å². The lowest BCUT2D eigenvalue weighted by molar-refractivity contribution is 0.227. The summed E-state index contributed by atoms with van der Waals surface area (Å²) in [5.41, 5.74) is 0.854. The predicted molar refractivity (Wildman–Crippen MR) is 108 cm³/mol. The van der Waals surface area contributed by atoms with Crippen molar-refractivity contribution in [1.29, 1.82) is 0 Å². The zero-order chi connectivity index (χ0) is 18.4. The van der Waals surface area contributed by atoms with Crippen LogP contribution >= 0.6 is 0 Å². The van der Waals surface area contributed by atoms with Gasteiger partial charge in [-0.25, -0.2) is 4.98 Å². The maximum absolute atomic E-state index is 6.02. The summed E-state index contributed by atoms with van der Waals surface area (Å²) in [4.78, 5) is 11.0. The van der Waals surface area contributed by atoms with E-state index >= 15 is 0 Å². The highest BCUT2D eigenvalue weighted by Gasteiger charge is 2.20. The Bertz CT molecular complexity index is 735. The predicted octanol–water partition coefficient (Wildman–Crippen LogP) is 3.63. The first kappa shape index (κ1) is 18.3. The molecule has 3 rings (SSSR count). The molecule has 0 aliphatic carbocycles. The van der Waals surface area contributed by atoms with Gasteiger partial charge in [-0.05, 0) is 51.1 Å². The van der Waals surface area contributed by atoms with Crippen LogP contribution in [0.3, 0.4) is 0 Å². The number of nitrogens with one attached hydrogen (secondary N) is 2. The molecule has 1 aliphatic heterocycles. The Morgan fingerprint density at radius 1 is 1.31 bits per heavy atom. The van der Waals surface area contributed by atoms with Crippen LogP contribution in [0.25, 0.3) is 0 Å². The third-order valence-corrected chi connectivity index (χ3v) is 4.71. The smallest absolute Gasteiger partial charge is 0.229 e. The fourth-order valence-corrected chi connectivity index (χ4v) is 3.20. The van der Waals surface area contributed by atoms with Gasteiger partial charge in [-0.2, -0.15) is 4.98 Å². The zero-order valence-electron chi connectivity index (χ0n) is 15.7. The van der Waals surface area contributed by atoms with E-state index in [1.807, 2.05) is 31.3 Å². The first-order valence-electron chi connectivity index (χ1n) is 8.98. The number of anilines is 3. The highest BCUT2D eigenvalue weighted by atomic mass is 16.5. The van der Waals surface area contributed by atoms with E-state index in [4.69, 9.17) is 9.47 Å². The standard InChI is InChI=1S/C19H27N5O2.2H2/c1-20-18-8-10-21-19(23-18)22-14-6-7-16(25-3)17(13-14)26-12-9-15-5-4-11-24(15)2;;/h6-8,10,13,15H,4-5,9,11-12H2,1-3H3,(H2,20,21,22,23);2*1H. The molecule has 1 unspecified atom stereocenters. The molecule has 0 amide bonds. The molecule has 7 heteroatoms. The summed E-state index contributed by atoms with van der Waals surface area (Å²) in [6, 6.07) is 8.16. The summed E-state index contributed by atoms with van der Waals surface area (Å²) < 4.78 is 11.4. The molecule has 1 atom stereocenters. The summed E-state index contributed by atoms with van der Waals surface area (Å²) in [6.07, 6.45) is 5.25. The van der Waals surface area contributed by atoms with Crippen LogP contribution in [0.5, 0.6) is 11.5 Å². The topological polar surface area (TPSA) is 71.5 Å². The number of hydrogen-bond acceptors (Lipinski definition) is 7. The Balaban J connectivity index is 0.00000196. The minimum Gasteiger partial charge on any atom is -0.493 e. The average molecular weight is 361 g/mol. The molecule has 144 valence electrons. The van der Waals surface area contributed by atoms with Crippen molar-refractivity contribution >= 4 is 17.5 Å². The molecule has 1 fully saturated rings. The average Bonchev–Trinajstić information content (AvgIpc) is 3.07. The Hall–Kier alpha value is -2.54. The summed E-state index contributed by atoms with van der Waals surface area (Å²) in [5, 5.41) is 6.20. The van der Waals surface area contributed by atoms with E-state index in [1.54, 1.807) is 13.3 Å². The third kappa shape index (κ3) is 4.54. The van der Waals surface area contributed by atoms with Crippen molar-refractivity contribution in [3.8, 4) is 11.5 Å². The van der Waals surface area contributed by atoms with E-state index in [-0.39, 0.29) is 2.85 Å². The number of aromatic nitrogens is 2. The number of ether oxygens (including phenoxy) is 2. The Morgan fingerprint density at radius 2 is 2.19 bits per heavy atom. The second kappa shape index (κ2) is 8.71. The number of hydrogen-bond donors (Lipinski definition) is 2. The van der Waals surface area contributed by atoms with Crippen molar-refractivity contribution in [3.05, 3.63) is 30.5 Å². The summed E-state index contributed by atoms with van der Waals surface area (Å²) in [6.45, 7) is 1.85. The van der Waals surface area contributed by atoms with Crippen LogP contribution < -0.4 is 20.1 Å². The number of benzene rings is 1. The molecular weight excluding hydrogens is 330 g/mol. The van der Waals surface area contributed by atoms with Crippen LogP contribution in [0.2, 0.25) is 0 Å². The van der Waals surface area contributed by atoms with Gasteiger partial charge in [0.15, 0.2) is 11.5 Å². The van der Waals surface area contributed by atoms with Gasteiger partial charge in [-0.15, -0.1) is 0 Å². The lowest BCUT2D eigenvalue weighted by atomic mass is 10.1. The maximum Gasteiger partial charge on any atom is 0.229 e. The van der Waals surface area contributed by atoms with Crippen LogP contribution in [-0.4, -0.2) is 55.3 Å². The van der Waals surface area contributed by atoms with E-state index in [2.05, 4.69) is 32.5 Å². The second-order valence-electron chi connectivity index (χ2n) is 6.42. The van der Waals surface area contributed by atoms with Crippen molar-refractivity contribution in [1.82, 2.24) is 14.9 Å². The molecule has 0 bridgehead atoms. The zero-order valence-corrected chi connectivity index (χ0v) is 15.7. The van der Waals surface area contributed by atoms with Crippen LogP contribution in [0.15, 0.2) is 30.5 Å². The van der Waals surface area contributed by atoms with Gasteiger partial charge in [0.25, 0.3) is 0 Å². The van der Waals surface area contributed by atoms with Crippen molar-refractivity contribution in [3.63, 3.8) is 0 Å². The highest BCUT2D eigenvalue weighted by molar-refractivity contribution is 5.60. The Morgan fingerprint density at radius 3 is 2.92 bits per heavy atom.